The Labute approximate surface area is 123 Å². The molecule has 1 aromatic rings. The maximum Gasteiger partial charge on any atom is 0.287 e. The van der Waals surface area contributed by atoms with Crippen LogP contribution in [0.3, 0.4) is 0 Å². The van der Waals surface area contributed by atoms with Crippen LogP contribution in [-0.2, 0) is 14.8 Å². The molecule has 1 fully saturated rings. The van der Waals surface area contributed by atoms with Crippen molar-refractivity contribution in [3.8, 4) is 0 Å². The standard InChI is InChI=1S/C13H20N2O5S/c1-8-11(21(14,17)18)6-10(20-8)12(16)15-9-4-5-19-13(2,3)7-9/h6,9H,4-5,7H2,1-3H3,(H,15,16)(H2,14,17,18). The van der Waals surface area contributed by atoms with Crippen LogP contribution < -0.4 is 10.5 Å². The Morgan fingerprint density at radius 3 is 2.67 bits per heavy atom. The van der Waals surface area contributed by atoms with Gasteiger partial charge in [0.25, 0.3) is 5.91 Å². The fraction of sp³-hybridized carbons (Fsp3) is 0.615. The minimum Gasteiger partial charge on any atom is -0.455 e. The second-order valence-corrected chi connectivity index (χ2v) is 7.38. The number of rotatable bonds is 3. The molecule has 3 N–H and O–H groups in total. The van der Waals surface area contributed by atoms with Gasteiger partial charge in [0.05, 0.1) is 5.60 Å². The van der Waals surface area contributed by atoms with Crippen LogP contribution >= 0.6 is 0 Å². The van der Waals surface area contributed by atoms with Crippen LogP contribution in [0.4, 0.5) is 0 Å². The molecule has 1 aromatic heterocycles. The number of primary sulfonamides is 1. The predicted molar refractivity (Wildman–Crippen MR) is 75.3 cm³/mol. The van der Waals surface area contributed by atoms with Crippen molar-refractivity contribution in [3.05, 3.63) is 17.6 Å². The highest BCUT2D eigenvalue weighted by Gasteiger charge is 2.30. The molecule has 7 nitrogen and oxygen atoms in total. The van der Waals surface area contributed by atoms with E-state index < -0.39 is 15.9 Å². The lowest BCUT2D eigenvalue weighted by molar-refractivity contribution is -0.0616. The molecule has 21 heavy (non-hydrogen) atoms. The average Bonchev–Trinajstić information content (AvgIpc) is 2.69. The minimum absolute atomic E-state index is 0.0374. The Morgan fingerprint density at radius 1 is 1.48 bits per heavy atom. The van der Waals surface area contributed by atoms with Crippen molar-refractivity contribution in [2.24, 2.45) is 5.14 Å². The molecule has 0 radical (unpaired) electrons. The minimum atomic E-state index is -3.89. The average molecular weight is 316 g/mol. The van der Waals surface area contributed by atoms with Crippen LogP contribution in [0.1, 0.15) is 43.0 Å². The first-order valence-corrected chi connectivity index (χ1v) is 8.21. The molecule has 0 saturated carbocycles. The summed E-state index contributed by atoms with van der Waals surface area (Å²) in [5.41, 5.74) is -0.291. The fourth-order valence-electron chi connectivity index (χ4n) is 2.47. The molecule has 8 heteroatoms. The van der Waals surface area contributed by atoms with Gasteiger partial charge in [-0.1, -0.05) is 0 Å². The van der Waals surface area contributed by atoms with Crippen molar-refractivity contribution in [1.82, 2.24) is 5.32 Å². The number of carbonyl (C=O) groups excluding carboxylic acids is 1. The van der Waals surface area contributed by atoms with Gasteiger partial charge in [0.15, 0.2) is 5.76 Å². The smallest absolute Gasteiger partial charge is 0.287 e. The van der Waals surface area contributed by atoms with Gasteiger partial charge in [-0.3, -0.25) is 4.79 Å². The zero-order valence-electron chi connectivity index (χ0n) is 12.3. The topological polar surface area (TPSA) is 112 Å². The zero-order chi connectivity index (χ0) is 15.8. The molecule has 2 rings (SSSR count). The maximum absolute atomic E-state index is 12.1. The first-order chi connectivity index (χ1) is 9.58. The summed E-state index contributed by atoms with van der Waals surface area (Å²) < 4.78 is 33.4. The third-order valence-electron chi connectivity index (χ3n) is 3.43. The molecule has 1 aliphatic heterocycles. The SMILES string of the molecule is Cc1oc(C(=O)NC2CCOC(C)(C)C2)cc1S(N)(=O)=O. The van der Waals surface area contributed by atoms with Gasteiger partial charge >= 0.3 is 0 Å². The number of aryl methyl sites for hydroxylation is 1. The number of ether oxygens (including phenoxy) is 1. The van der Waals surface area contributed by atoms with Gasteiger partial charge in [-0.2, -0.15) is 0 Å². The largest absolute Gasteiger partial charge is 0.455 e. The summed E-state index contributed by atoms with van der Waals surface area (Å²) in [7, 11) is -3.89. The molecular weight excluding hydrogens is 296 g/mol. The number of carbonyl (C=O) groups is 1. The summed E-state index contributed by atoms with van der Waals surface area (Å²) in [4.78, 5) is 12.0. The van der Waals surface area contributed by atoms with Gasteiger partial charge < -0.3 is 14.5 Å². The normalized spacial score (nSPS) is 22.0. The van der Waals surface area contributed by atoms with Gasteiger partial charge in [0.1, 0.15) is 10.7 Å². The summed E-state index contributed by atoms with van der Waals surface area (Å²) in [6.45, 7) is 5.94. The van der Waals surface area contributed by atoms with E-state index in [4.69, 9.17) is 14.3 Å². The second kappa shape index (κ2) is 5.43. The maximum atomic E-state index is 12.1. The molecule has 2 heterocycles. The Bertz CT molecular complexity index is 648. The summed E-state index contributed by atoms with van der Waals surface area (Å²) in [6.07, 6.45) is 1.39. The number of amides is 1. The summed E-state index contributed by atoms with van der Waals surface area (Å²) in [5.74, 6) is -0.397. The second-order valence-electron chi connectivity index (χ2n) is 5.85. The number of nitrogens with one attached hydrogen (secondary N) is 1. The Balaban J connectivity index is 2.11. The summed E-state index contributed by atoms with van der Waals surface area (Å²) in [5, 5.41) is 7.89. The molecule has 118 valence electrons. The lowest BCUT2D eigenvalue weighted by Crippen LogP contribution is -2.45. The Morgan fingerprint density at radius 2 is 2.14 bits per heavy atom. The van der Waals surface area contributed by atoms with Crippen LogP contribution in [0, 0.1) is 6.92 Å². The van der Waals surface area contributed by atoms with Crippen LogP contribution in [-0.4, -0.2) is 32.6 Å². The Kier molecular flexibility index (Phi) is 4.14. The van der Waals surface area contributed by atoms with Crippen molar-refractivity contribution >= 4 is 15.9 Å². The number of sulfonamides is 1. The number of nitrogens with two attached hydrogens (primary N) is 1. The van der Waals surface area contributed by atoms with Gasteiger partial charge in [-0.15, -0.1) is 0 Å². The third kappa shape index (κ3) is 3.84. The van der Waals surface area contributed by atoms with Crippen LogP contribution in [0.2, 0.25) is 0 Å². The molecule has 0 aliphatic carbocycles. The van der Waals surface area contributed by atoms with Crippen molar-refractivity contribution in [2.45, 2.75) is 50.2 Å². The monoisotopic (exact) mass is 316 g/mol. The van der Waals surface area contributed by atoms with E-state index in [0.717, 1.165) is 6.07 Å². The molecule has 1 saturated heterocycles. The molecule has 0 aromatic carbocycles. The van der Waals surface area contributed by atoms with E-state index in [1.54, 1.807) is 0 Å². The van der Waals surface area contributed by atoms with Crippen LogP contribution in [0.5, 0.6) is 0 Å². The highest BCUT2D eigenvalue weighted by molar-refractivity contribution is 7.89. The molecular formula is C13H20N2O5S. The Hall–Kier alpha value is -1.38. The first-order valence-electron chi connectivity index (χ1n) is 6.66. The molecule has 1 atom stereocenters. The molecule has 0 spiro atoms. The number of furan rings is 1. The van der Waals surface area contributed by atoms with Crippen LogP contribution in [0.15, 0.2) is 15.4 Å². The van der Waals surface area contributed by atoms with E-state index in [1.807, 2.05) is 13.8 Å². The summed E-state index contributed by atoms with van der Waals surface area (Å²) in [6, 6.07) is 1.12. The first kappa shape index (κ1) is 16.0. The molecule has 1 amide bonds. The van der Waals surface area contributed by atoms with Gasteiger partial charge in [0, 0.05) is 18.7 Å². The number of hydrogen-bond donors (Lipinski definition) is 2. The highest BCUT2D eigenvalue weighted by Crippen LogP contribution is 2.25. The fourth-order valence-corrected chi connectivity index (χ4v) is 3.18. The van der Waals surface area contributed by atoms with Crippen LogP contribution in [0.25, 0.3) is 0 Å². The zero-order valence-corrected chi connectivity index (χ0v) is 13.1. The van der Waals surface area contributed by atoms with E-state index in [2.05, 4.69) is 5.32 Å². The van der Waals surface area contributed by atoms with Crippen molar-refractivity contribution in [2.75, 3.05) is 6.61 Å². The van der Waals surface area contributed by atoms with Gasteiger partial charge in [-0.05, 0) is 33.6 Å². The van der Waals surface area contributed by atoms with Crippen molar-refractivity contribution in [3.63, 3.8) is 0 Å². The van der Waals surface area contributed by atoms with E-state index in [1.165, 1.54) is 6.92 Å². The quantitative estimate of drug-likeness (QED) is 0.861. The van der Waals surface area contributed by atoms with E-state index in [9.17, 15) is 13.2 Å². The lowest BCUT2D eigenvalue weighted by atomic mass is 9.94. The lowest BCUT2D eigenvalue weighted by Gasteiger charge is -2.35. The van der Waals surface area contributed by atoms with Gasteiger partial charge in [-0.25, -0.2) is 13.6 Å². The van der Waals surface area contributed by atoms with E-state index in [-0.39, 0.29) is 28.1 Å². The molecule has 1 aliphatic rings. The number of hydrogen-bond acceptors (Lipinski definition) is 5. The molecule has 0 bridgehead atoms. The van der Waals surface area contributed by atoms with E-state index >= 15 is 0 Å². The third-order valence-corrected chi connectivity index (χ3v) is 4.45. The van der Waals surface area contributed by atoms with Gasteiger partial charge in [0.2, 0.25) is 10.0 Å². The van der Waals surface area contributed by atoms with Crippen molar-refractivity contribution in [1.29, 1.82) is 0 Å². The highest BCUT2D eigenvalue weighted by atomic mass is 32.2. The predicted octanol–water partition coefficient (Wildman–Crippen LogP) is 0.923. The molecule has 1 unspecified atom stereocenters. The van der Waals surface area contributed by atoms with Crippen molar-refractivity contribution < 1.29 is 22.4 Å². The summed E-state index contributed by atoms with van der Waals surface area (Å²) >= 11 is 0. The van der Waals surface area contributed by atoms with E-state index in [0.29, 0.717) is 19.4 Å².